The summed E-state index contributed by atoms with van der Waals surface area (Å²) in [5.41, 5.74) is -0.632. The van der Waals surface area contributed by atoms with Gasteiger partial charge in [0.05, 0.1) is 50.8 Å². The quantitative estimate of drug-likeness (QED) is 0.0546. The van der Waals surface area contributed by atoms with E-state index in [0.29, 0.717) is 0 Å². The number of thioether (sulfide) groups is 1. The van der Waals surface area contributed by atoms with E-state index in [2.05, 4.69) is 0 Å². The van der Waals surface area contributed by atoms with Crippen molar-refractivity contribution < 1.29 is 80.9 Å². The van der Waals surface area contributed by atoms with Crippen molar-refractivity contribution in [1.82, 2.24) is 0 Å². The van der Waals surface area contributed by atoms with Crippen LogP contribution in [0, 0.1) is 0 Å². The normalized spacial score (nSPS) is 22.3. The summed E-state index contributed by atoms with van der Waals surface area (Å²) in [7, 11) is 1.26. The third-order valence-corrected chi connectivity index (χ3v) is 14.2. The summed E-state index contributed by atoms with van der Waals surface area (Å²) in [6, 6.07) is 55.8. The molecule has 17 nitrogen and oxygen atoms in total. The molecule has 0 unspecified atom stereocenters. The zero-order chi connectivity index (χ0) is 55.8. The van der Waals surface area contributed by atoms with Crippen LogP contribution >= 0.6 is 11.8 Å². The molecule has 2 fully saturated rings. The maximum absolute atomic E-state index is 14.4. The Morgan fingerprint density at radius 2 is 0.637 bits per heavy atom. The van der Waals surface area contributed by atoms with Gasteiger partial charge in [-0.2, -0.15) is 0 Å². The van der Waals surface area contributed by atoms with Crippen LogP contribution in [-0.4, -0.2) is 122 Å². The lowest BCUT2D eigenvalue weighted by atomic mass is 9.97. The molecule has 0 amide bonds. The van der Waals surface area contributed by atoms with Crippen LogP contribution in [0.15, 0.2) is 212 Å². The summed E-state index contributed by atoms with van der Waals surface area (Å²) in [5, 5.41) is -1.15. The molecule has 0 N–H and O–H groups in total. The van der Waals surface area contributed by atoms with Crippen LogP contribution in [-0.2, 0) is 47.4 Å². The van der Waals surface area contributed by atoms with Crippen LogP contribution in [0.1, 0.15) is 72.5 Å². The molecule has 18 heteroatoms. The van der Waals surface area contributed by atoms with Gasteiger partial charge < -0.3 is 47.4 Å². The fourth-order valence-corrected chi connectivity index (χ4v) is 10.1. The first-order valence-electron chi connectivity index (χ1n) is 25.3. The van der Waals surface area contributed by atoms with Gasteiger partial charge in [-0.15, -0.1) is 11.8 Å². The molecule has 2 aliphatic heterocycles. The van der Waals surface area contributed by atoms with Gasteiger partial charge >= 0.3 is 41.8 Å². The van der Waals surface area contributed by atoms with E-state index in [-0.39, 0.29) is 38.9 Å². The highest BCUT2D eigenvalue weighted by atomic mass is 32.2. The van der Waals surface area contributed by atoms with E-state index >= 15 is 0 Å². The number of hydrogen-bond acceptors (Lipinski definition) is 18. The zero-order valence-electron chi connectivity index (χ0n) is 42.7. The molecule has 0 bridgehead atoms. The maximum atomic E-state index is 14.4. The summed E-state index contributed by atoms with van der Waals surface area (Å²) in [4.78, 5) is 98.9. The number of benzene rings is 7. The predicted molar refractivity (Wildman–Crippen MR) is 287 cm³/mol. The van der Waals surface area contributed by atoms with E-state index in [1.807, 2.05) is 0 Å². The number of methoxy groups -OCH3 is 1. The molecule has 7 aromatic rings. The molecule has 0 saturated carbocycles. The number of hydrogen-bond donors (Lipinski definition) is 0. The third kappa shape index (κ3) is 14.0. The lowest BCUT2D eigenvalue weighted by molar-refractivity contribution is -0.295. The largest absolute Gasteiger partial charge is 0.461 e. The van der Waals surface area contributed by atoms with Gasteiger partial charge in [0, 0.05) is 7.11 Å². The Balaban J connectivity index is 1.13. The van der Waals surface area contributed by atoms with Gasteiger partial charge in [-0.3, -0.25) is 0 Å². The van der Waals surface area contributed by atoms with Crippen molar-refractivity contribution >= 4 is 53.5 Å². The molecule has 2 aliphatic rings. The highest BCUT2D eigenvalue weighted by Crippen LogP contribution is 2.41. The molecule has 9 rings (SSSR count). The molecule has 80 heavy (non-hydrogen) atoms. The highest BCUT2D eigenvalue weighted by molar-refractivity contribution is 8.00. The van der Waals surface area contributed by atoms with Gasteiger partial charge in [0.1, 0.15) is 18.1 Å². The van der Waals surface area contributed by atoms with Crippen LogP contribution in [0.4, 0.5) is 0 Å². The SMILES string of the molecule is CO[C@@H]1O[C@H](CO[C@@H]2S[C@H](COC(=O)c3ccccc3)[C@@H](OC(=O)c3ccccc3)[C@H](OC(=O)c3ccccc3)[C@H]2OC(=O)c2ccccc2)[C@@H](OC(=O)c2ccccc2)[C@H](OC(=O)c2ccccc2)[C@H]1OC(=O)c1ccccc1. The molecule has 0 aliphatic carbocycles. The molecule has 408 valence electrons. The van der Waals surface area contributed by atoms with Crippen LogP contribution in [0.25, 0.3) is 0 Å². The standard InChI is InChI=1S/C62H52O17S/c1-70-61-52(78-59(68)44-33-19-7-20-34-44)50(76-57(66)42-29-15-5-16-30-42)48(74-55(64)40-25-11-3-12-26-40)46(73-61)37-72-62-53(79-60(69)45-35-21-8-22-36-45)51(77-58(67)43-31-17-6-18-32-43)49(75-56(65)41-27-13-4-14-28-41)47(80-62)38-71-54(63)39-23-9-2-10-24-39/h2-36,46-53,61-62H,37-38H2,1H3/t46-,47-,48-,49-,50+,51+,52-,53-,61-,62-/m1/s1. The Hall–Kier alpha value is -8.94. The number of esters is 7. The Bertz CT molecular complexity index is 3190. The van der Waals surface area contributed by atoms with Gasteiger partial charge in [0.2, 0.25) is 0 Å². The predicted octanol–water partition coefficient (Wildman–Crippen LogP) is 9.03. The average molecular weight is 1100 g/mol. The number of carbonyl (C=O) groups is 7. The molecule has 10 atom stereocenters. The van der Waals surface area contributed by atoms with Gasteiger partial charge in [0.15, 0.2) is 42.9 Å². The first-order chi connectivity index (χ1) is 39.0. The maximum Gasteiger partial charge on any atom is 0.338 e. The molecule has 2 saturated heterocycles. The van der Waals surface area contributed by atoms with E-state index in [4.69, 9.17) is 47.4 Å². The van der Waals surface area contributed by atoms with E-state index in [0.717, 1.165) is 11.8 Å². The summed E-state index contributed by atoms with van der Waals surface area (Å²) in [5.74, 6) is -6.05. The van der Waals surface area contributed by atoms with E-state index in [1.54, 1.807) is 140 Å². The van der Waals surface area contributed by atoms with Gasteiger partial charge in [0.25, 0.3) is 0 Å². The second-order valence-corrected chi connectivity index (χ2v) is 19.4. The number of ether oxygens (including phenoxy) is 10. The fraction of sp³-hybridized carbons (Fsp3) is 0.210. The topological polar surface area (TPSA) is 212 Å². The van der Waals surface area contributed by atoms with Crippen molar-refractivity contribution in [3.8, 4) is 0 Å². The van der Waals surface area contributed by atoms with Crippen molar-refractivity contribution in [3.05, 3.63) is 251 Å². The smallest absolute Gasteiger partial charge is 0.338 e. The van der Waals surface area contributed by atoms with Crippen LogP contribution in [0.5, 0.6) is 0 Å². The fourth-order valence-electron chi connectivity index (χ4n) is 8.75. The van der Waals surface area contributed by atoms with E-state index < -0.39 is 115 Å². The van der Waals surface area contributed by atoms with Gasteiger partial charge in [-0.05, 0) is 84.9 Å². The van der Waals surface area contributed by atoms with Crippen molar-refractivity contribution in [1.29, 1.82) is 0 Å². The minimum absolute atomic E-state index is 0.0828. The van der Waals surface area contributed by atoms with Crippen molar-refractivity contribution in [2.75, 3.05) is 20.3 Å². The Labute approximate surface area is 463 Å². The molecular weight excluding hydrogens is 1050 g/mol. The number of carbonyl (C=O) groups excluding carboxylic acids is 7. The molecule has 0 spiro atoms. The highest BCUT2D eigenvalue weighted by Gasteiger charge is 2.56. The van der Waals surface area contributed by atoms with Crippen molar-refractivity contribution in [2.45, 2.75) is 59.7 Å². The second-order valence-electron chi connectivity index (χ2n) is 18.0. The third-order valence-electron chi connectivity index (χ3n) is 12.7. The van der Waals surface area contributed by atoms with Crippen LogP contribution in [0.3, 0.4) is 0 Å². The van der Waals surface area contributed by atoms with Crippen LogP contribution < -0.4 is 0 Å². The Morgan fingerprint density at radius 1 is 0.350 bits per heavy atom. The molecule has 0 aromatic heterocycles. The van der Waals surface area contributed by atoms with E-state index in [9.17, 15) is 33.6 Å². The lowest BCUT2D eigenvalue weighted by Crippen LogP contribution is -2.63. The zero-order valence-corrected chi connectivity index (χ0v) is 43.6. The first-order valence-corrected chi connectivity index (χ1v) is 26.2. The lowest BCUT2D eigenvalue weighted by Gasteiger charge is -2.46. The van der Waals surface area contributed by atoms with Gasteiger partial charge in [-0.25, -0.2) is 33.6 Å². The first kappa shape index (κ1) is 55.8. The minimum atomic E-state index is -1.71. The molecule has 2 heterocycles. The average Bonchev–Trinajstić information content (AvgIpc) is 3.71. The van der Waals surface area contributed by atoms with Gasteiger partial charge in [-0.1, -0.05) is 127 Å². The molecular formula is C62H52O17S. The Morgan fingerprint density at radius 3 is 0.988 bits per heavy atom. The molecule has 0 radical (unpaired) electrons. The second kappa shape index (κ2) is 27.1. The summed E-state index contributed by atoms with van der Waals surface area (Å²) in [6.45, 7) is -1.11. The van der Waals surface area contributed by atoms with Crippen molar-refractivity contribution in [3.63, 3.8) is 0 Å². The summed E-state index contributed by atoms with van der Waals surface area (Å²) in [6.07, 6.45) is -12.8. The summed E-state index contributed by atoms with van der Waals surface area (Å²) >= 11 is 0.914. The molecule has 7 aromatic carbocycles. The minimum Gasteiger partial charge on any atom is -0.461 e. The number of rotatable bonds is 19. The monoisotopic (exact) mass is 1100 g/mol. The van der Waals surface area contributed by atoms with Crippen LogP contribution in [0.2, 0.25) is 0 Å². The Kier molecular flexibility index (Phi) is 18.9. The van der Waals surface area contributed by atoms with E-state index in [1.165, 1.54) is 79.9 Å². The summed E-state index contributed by atoms with van der Waals surface area (Å²) < 4.78 is 62.4. The van der Waals surface area contributed by atoms with Crippen molar-refractivity contribution in [2.24, 2.45) is 0 Å².